The third-order valence-electron chi connectivity index (χ3n) is 3.46. The van der Waals surface area contributed by atoms with Crippen molar-refractivity contribution in [3.63, 3.8) is 0 Å². The zero-order chi connectivity index (χ0) is 16.8. The van der Waals surface area contributed by atoms with E-state index in [1.54, 1.807) is 36.4 Å². The van der Waals surface area contributed by atoms with E-state index in [2.05, 4.69) is 20.5 Å². The van der Waals surface area contributed by atoms with E-state index < -0.39 is 0 Å². The molecule has 0 saturated carbocycles. The summed E-state index contributed by atoms with van der Waals surface area (Å²) >= 11 is 3.44. The molecule has 1 fully saturated rings. The number of nitrogens with one attached hydrogen (secondary N) is 1. The second kappa shape index (κ2) is 8.39. The third-order valence-corrected chi connectivity index (χ3v) is 5.63. The van der Waals surface area contributed by atoms with Crippen molar-refractivity contribution in [2.45, 2.75) is 17.7 Å². The minimum absolute atomic E-state index is 0.135. The van der Waals surface area contributed by atoms with Crippen LogP contribution in [-0.4, -0.2) is 55.6 Å². The predicted molar refractivity (Wildman–Crippen MR) is 94.7 cm³/mol. The average molecular weight is 365 g/mol. The van der Waals surface area contributed by atoms with Crippen molar-refractivity contribution < 1.29 is 9.53 Å². The maximum atomic E-state index is 12.1. The molecule has 128 valence electrons. The van der Waals surface area contributed by atoms with Crippen molar-refractivity contribution >= 4 is 29.4 Å². The summed E-state index contributed by atoms with van der Waals surface area (Å²) in [6.07, 6.45) is 4.50. The maximum absolute atomic E-state index is 12.1. The van der Waals surface area contributed by atoms with Crippen LogP contribution in [0.5, 0.6) is 5.88 Å². The number of thioether (sulfide) groups is 2. The Morgan fingerprint density at radius 3 is 3.12 bits per heavy atom. The molecule has 1 aliphatic heterocycles. The molecule has 24 heavy (non-hydrogen) atoms. The summed E-state index contributed by atoms with van der Waals surface area (Å²) in [6, 6.07) is 3.50. The Kier molecular flexibility index (Phi) is 5.97. The van der Waals surface area contributed by atoms with Crippen LogP contribution in [0.15, 0.2) is 29.8 Å². The Bertz CT molecular complexity index is 671. The van der Waals surface area contributed by atoms with Gasteiger partial charge in [0.15, 0.2) is 5.16 Å². The largest absolute Gasteiger partial charge is 0.473 e. The van der Waals surface area contributed by atoms with Crippen LogP contribution in [0.4, 0.5) is 0 Å². The van der Waals surface area contributed by atoms with Gasteiger partial charge in [0.2, 0.25) is 5.88 Å². The van der Waals surface area contributed by atoms with Gasteiger partial charge in [0, 0.05) is 37.4 Å². The van der Waals surface area contributed by atoms with Crippen molar-refractivity contribution in [1.29, 1.82) is 0 Å². The van der Waals surface area contributed by atoms with Crippen molar-refractivity contribution in [2.75, 3.05) is 23.8 Å². The van der Waals surface area contributed by atoms with E-state index in [1.165, 1.54) is 0 Å². The normalized spacial score (nSPS) is 17.0. The number of hydrogen-bond acceptors (Lipinski definition) is 7. The SMILES string of the molecule is Cn1cnnc1SCCNC(=O)c1ccc(OC2CCSC2)nc1. The lowest BCUT2D eigenvalue weighted by Gasteiger charge is -2.11. The minimum atomic E-state index is -0.135. The first-order valence-corrected chi connectivity index (χ1v) is 9.82. The molecule has 9 heteroatoms. The van der Waals surface area contributed by atoms with Crippen LogP contribution in [0.3, 0.4) is 0 Å². The number of carbonyl (C=O) groups is 1. The van der Waals surface area contributed by atoms with Gasteiger partial charge in [-0.2, -0.15) is 11.8 Å². The predicted octanol–water partition coefficient (Wildman–Crippen LogP) is 1.62. The first-order chi connectivity index (χ1) is 11.7. The van der Waals surface area contributed by atoms with E-state index >= 15 is 0 Å². The first kappa shape index (κ1) is 17.1. The van der Waals surface area contributed by atoms with Crippen molar-refractivity contribution in [2.24, 2.45) is 7.05 Å². The highest BCUT2D eigenvalue weighted by atomic mass is 32.2. The molecule has 0 aromatic carbocycles. The summed E-state index contributed by atoms with van der Waals surface area (Å²) in [7, 11) is 1.89. The minimum Gasteiger partial charge on any atom is -0.473 e. The highest BCUT2D eigenvalue weighted by Gasteiger charge is 2.17. The highest BCUT2D eigenvalue weighted by Crippen LogP contribution is 2.22. The summed E-state index contributed by atoms with van der Waals surface area (Å²) in [5.74, 6) is 3.32. The van der Waals surface area contributed by atoms with Crippen molar-refractivity contribution in [1.82, 2.24) is 25.1 Å². The number of hydrogen-bond donors (Lipinski definition) is 1. The lowest BCUT2D eigenvalue weighted by atomic mass is 10.2. The van der Waals surface area contributed by atoms with Gasteiger partial charge in [-0.15, -0.1) is 10.2 Å². The van der Waals surface area contributed by atoms with Crippen molar-refractivity contribution in [3.05, 3.63) is 30.2 Å². The number of aromatic nitrogens is 4. The van der Waals surface area contributed by atoms with E-state index in [0.717, 1.165) is 28.8 Å². The second-order valence-electron chi connectivity index (χ2n) is 5.32. The molecule has 3 rings (SSSR count). The Hall–Kier alpha value is -1.74. The monoisotopic (exact) mass is 365 g/mol. The van der Waals surface area contributed by atoms with E-state index in [9.17, 15) is 4.79 Å². The number of pyridine rings is 1. The Morgan fingerprint density at radius 1 is 1.54 bits per heavy atom. The van der Waals surface area contributed by atoms with Gasteiger partial charge in [-0.3, -0.25) is 4.79 Å². The van der Waals surface area contributed by atoms with Gasteiger partial charge in [0.1, 0.15) is 12.4 Å². The van der Waals surface area contributed by atoms with E-state index in [0.29, 0.717) is 18.0 Å². The number of nitrogens with zero attached hydrogens (tertiary/aromatic N) is 4. The number of carbonyl (C=O) groups excluding carboxylic acids is 1. The Morgan fingerprint density at radius 2 is 2.46 bits per heavy atom. The van der Waals surface area contributed by atoms with Crippen LogP contribution >= 0.6 is 23.5 Å². The molecular weight excluding hydrogens is 346 g/mol. The molecule has 1 N–H and O–H groups in total. The van der Waals surface area contributed by atoms with Gasteiger partial charge in [-0.25, -0.2) is 4.98 Å². The molecule has 1 unspecified atom stereocenters. The van der Waals surface area contributed by atoms with E-state index in [1.807, 2.05) is 23.4 Å². The van der Waals surface area contributed by atoms with Crippen LogP contribution in [-0.2, 0) is 7.05 Å². The van der Waals surface area contributed by atoms with Gasteiger partial charge < -0.3 is 14.6 Å². The smallest absolute Gasteiger partial charge is 0.252 e. The van der Waals surface area contributed by atoms with Crippen LogP contribution in [0.2, 0.25) is 0 Å². The molecule has 3 heterocycles. The van der Waals surface area contributed by atoms with Crippen LogP contribution in [0, 0.1) is 0 Å². The molecule has 0 aliphatic carbocycles. The topological polar surface area (TPSA) is 81.9 Å². The fraction of sp³-hybridized carbons (Fsp3) is 0.467. The fourth-order valence-corrected chi connectivity index (χ4v) is 4.01. The van der Waals surface area contributed by atoms with Crippen LogP contribution < -0.4 is 10.1 Å². The summed E-state index contributed by atoms with van der Waals surface area (Å²) in [4.78, 5) is 16.3. The molecule has 0 spiro atoms. The number of rotatable bonds is 7. The Labute approximate surface area is 149 Å². The van der Waals surface area contributed by atoms with Crippen LogP contribution in [0.25, 0.3) is 0 Å². The molecule has 2 aromatic rings. The highest BCUT2D eigenvalue weighted by molar-refractivity contribution is 7.99. The lowest BCUT2D eigenvalue weighted by Crippen LogP contribution is -2.26. The molecule has 0 bridgehead atoms. The Balaban J connectivity index is 1.42. The molecule has 1 atom stereocenters. The third kappa shape index (κ3) is 4.64. The van der Waals surface area contributed by atoms with E-state index in [4.69, 9.17) is 4.74 Å². The first-order valence-electron chi connectivity index (χ1n) is 7.68. The number of amides is 1. The van der Waals surface area contributed by atoms with E-state index in [-0.39, 0.29) is 12.0 Å². The molecule has 0 radical (unpaired) electrons. The van der Waals surface area contributed by atoms with Gasteiger partial charge >= 0.3 is 0 Å². The van der Waals surface area contributed by atoms with Gasteiger partial charge in [0.25, 0.3) is 5.91 Å². The molecule has 2 aromatic heterocycles. The molecule has 1 aliphatic rings. The standard InChI is InChI=1S/C15H19N5O2S2/c1-20-10-18-19-15(20)24-7-5-16-14(21)11-2-3-13(17-8-11)22-12-4-6-23-9-12/h2-3,8,10,12H,4-7,9H2,1H3,(H,16,21). The summed E-state index contributed by atoms with van der Waals surface area (Å²) < 4.78 is 7.62. The van der Waals surface area contributed by atoms with Crippen molar-refractivity contribution in [3.8, 4) is 5.88 Å². The summed E-state index contributed by atoms with van der Waals surface area (Å²) in [5.41, 5.74) is 0.534. The summed E-state index contributed by atoms with van der Waals surface area (Å²) in [6.45, 7) is 0.550. The lowest BCUT2D eigenvalue weighted by molar-refractivity contribution is 0.0955. The van der Waals surface area contributed by atoms with Crippen LogP contribution in [0.1, 0.15) is 16.8 Å². The zero-order valence-corrected chi connectivity index (χ0v) is 15.0. The molecule has 1 amide bonds. The van der Waals surface area contributed by atoms with Gasteiger partial charge in [-0.05, 0) is 18.2 Å². The zero-order valence-electron chi connectivity index (χ0n) is 13.3. The van der Waals surface area contributed by atoms with Gasteiger partial charge in [0.05, 0.1) is 5.56 Å². The second-order valence-corrected chi connectivity index (χ2v) is 7.53. The molecule has 7 nitrogen and oxygen atoms in total. The maximum Gasteiger partial charge on any atom is 0.252 e. The molecule has 1 saturated heterocycles. The van der Waals surface area contributed by atoms with Gasteiger partial charge in [-0.1, -0.05) is 11.8 Å². The number of ether oxygens (including phenoxy) is 1. The summed E-state index contributed by atoms with van der Waals surface area (Å²) in [5, 5.41) is 11.5. The quantitative estimate of drug-likeness (QED) is 0.590. The number of aryl methyl sites for hydroxylation is 1. The average Bonchev–Trinajstić information content (AvgIpc) is 3.24. The molecular formula is C15H19N5O2S2. The fourth-order valence-electron chi connectivity index (χ4n) is 2.17.